The van der Waals surface area contributed by atoms with Gasteiger partial charge in [0.2, 0.25) is 0 Å². The Morgan fingerprint density at radius 2 is 1.75 bits per heavy atom. The van der Waals surface area contributed by atoms with Crippen LogP contribution in [0.1, 0.15) is 5.76 Å². The lowest BCUT2D eigenvalue weighted by atomic mass is 10.2. The lowest BCUT2D eigenvalue weighted by Gasteiger charge is -2.05. The van der Waals surface area contributed by atoms with Gasteiger partial charge in [-0.2, -0.15) is 5.10 Å². The standard InChI is InChI=1S/C18H14BrN3OS/c19-14-8-6-13(7-9-14)17-11-10-16(23-17)12-20-22-18(24)21-15-4-2-1-3-5-15/h1-12H,(H2,21,22,24). The smallest absolute Gasteiger partial charge is 0.191 e. The maximum absolute atomic E-state index is 5.74. The molecular weight excluding hydrogens is 386 g/mol. The molecule has 120 valence electrons. The highest BCUT2D eigenvalue weighted by atomic mass is 79.9. The van der Waals surface area contributed by atoms with Gasteiger partial charge in [0, 0.05) is 15.7 Å². The summed E-state index contributed by atoms with van der Waals surface area (Å²) in [5, 5.41) is 7.53. The van der Waals surface area contributed by atoms with Crippen LogP contribution in [0.3, 0.4) is 0 Å². The zero-order valence-corrected chi connectivity index (χ0v) is 15.0. The number of hydrogen-bond donors (Lipinski definition) is 2. The molecule has 0 aliphatic rings. The largest absolute Gasteiger partial charge is 0.455 e. The van der Waals surface area contributed by atoms with Crippen molar-refractivity contribution >= 4 is 45.2 Å². The molecule has 0 fully saturated rings. The molecule has 0 saturated carbocycles. The number of para-hydroxylation sites is 1. The zero-order chi connectivity index (χ0) is 16.8. The van der Waals surface area contributed by atoms with Gasteiger partial charge >= 0.3 is 0 Å². The molecule has 3 rings (SSSR count). The van der Waals surface area contributed by atoms with Crippen molar-refractivity contribution < 1.29 is 4.42 Å². The van der Waals surface area contributed by atoms with Crippen LogP contribution >= 0.6 is 28.1 Å². The van der Waals surface area contributed by atoms with Gasteiger partial charge in [-0.15, -0.1) is 0 Å². The van der Waals surface area contributed by atoms with Gasteiger partial charge in [-0.3, -0.25) is 5.43 Å². The fourth-order valence-electron chi connectivity index (χ4n) is 2.03. The van der Waals surface area contributed by atoms with Crippen molar-refractivity contribution in [3.8, 4) is 11.3 Å². The fraction of sp³-hybridized carbons (Fsp3) is 0. The molecule has 0 amide bonds. The second-order valence-electron chi connectivity index (χ2n) is 4.90. The quantitative estimate of drug-likeness (QED) is 0.367. The molecule has 1 aromatic heterocycles. The SMILES string of the molecule is S=C(NN=Cc1ccc(-c2ccc(Br)cc2)o1)Nc1ccccc1. The molecule has 0 atom stereocenters. The Morgan fingerprint density at radius 3 is 2.50 bits per heavy atom. The summed E-state index contributed by atoms with van der Waals surface area (Å²) in [6.07, 6.45) is 1.58. The molecule has 0 saturated heterocycles. The number of rotatable bonds is 4. The lowest BCUT2D eigenvalue weighted by Crippen LogP contribution is -2.23. The molecule has 24 heavy (non-hydrogen) atoms. The number of hydrazone groups is 1. The molecule has 3 aromatic rings. The van der Waals surface area contributed by atoms with Crippen molar-refractivity contribution in [1.29, 1.82) is 0 Å². The highest BCUT2D eigenvalue weighted by Crippen LogP contribution is 2.23. The average molecular weight is 400 g/mol. The number of thiocarbonyl (C=S) groups is 1. The van der Waals surface area contributed by atoms with Crippen molar-refractivity contribution in [2.24, 2.45) is 5.10 Å². The van der Waals surface area contributed by atoms with E-state index in [0.29, 0.717) is 10.9 Å². The summed E-state index contributed by atoms with van der Waals surface area (Å²) in [6.45, 7) is 0. The molecule has 4 nitrogen and oxygen atoms in total. The summed E-state index contributed by atoms with van der Waals surface area (Å²) in [5.74, 6) is 1.43. The van der Waals surface area contributed by atoms with Crippen molar-refractivity contribution in [1.82, 2.24) is 5.43 Å². The van der Waals surface area contributed by atoms with Crippen molar-refractivity contribution in [3.05, 3.63) is 77.0 Å². The molecule has 2 aromatic carbocycles. The molecule has 2 N–H and O–H groups in total. The van der Waals surface area contributed by atoms with Gasteiger partial charge in [0.25, 0.3) is 0 Å². The lowest BCUT2D eigenvalue weighted by molar-refractivity contribution is 0.574. The second kappa shape index (κ2) is 7.90. The summed E-state index contributed by atoms with van der Waals surface area (Å²) in [5.41, 5.74) is 4.67. The molecule has 0 aliphatic carbocycles. The van der Waals surface area contributed by atoms with Crippen LogP contribution in [0.2, 0.25) is 0 Å². The maximum Gasteiger partial charge on any atom is 0.191 e. The molecule has 6 heteroatoms. The molecule has 0 aliphatic heterocycles. The normalized spacial score (nSPS) is 10.7. The van der Waals surface area contributed by atoms with Crippen LogP contribution in [-0.4, -0.2) is 11.3 Å². The second-order valence-corrected chi connectivity index (χ2v) is 6.22. The number of halogens is 1. The summed E-state index contributed by atoms with van der Waals surface area (Å²) in [4.78, 5) is 0. The number of nitrogens with zero attached hydrogens (tertiary/aromatic N) is 1. The maximum atomic E-state index is 5.74. The van der Waals surface area contributed by atoms with E-state index < -0.39 is 0 Å². The third-order valence-electron chi connectivity index (χ3n) is 3.15. The Labute approximate surface area is 153 Å². The van der Waals surface area contributed by atoms with E-state index in [2.05, 4.69) is 31.8 Å². The monoisotopic (exact) mass is 399 g/mol. The average Bonchev–Trinajstić information content (AvgIpc) is 3.05. The summed E-state index contributed by atoms with van der Waals surface area (Å²) in [7, 11) is 0. The summed E-state index contributed by atoms with van der Waals surface area (Å²) in [6, 6.07) is 21.3. The fourth-order valence-corrected chi connectivity index (χ4v) is 2.46. The van der Waals surface area contributed by atoms with E-state index in [1.165, 1.54) is 0 Å². The van der Waals surface area contributed by atoms with E-state index in [1.807, 2.05) is 66.7 Å². The van der Waals surface area contributed by atoms with Gasteiger partial charge in [-0.1, -0.05) is 46.3 Å². The van der Waals surface area contributed by atoms with E-state index in [0.717, 1.165) is 21.5 Å². The van der Waals surface area contributed by atoms with E-state index in [4.69, 9.17) is 16.6 Å². The van der Waals surface area contributed by atoms with Crippen LogP contribution in [0.4, 0.5) is 5.69 Å². The Balaban J connectivity index is 1.57. The predicted molar refractivity (Wildman–Crippen MR) is 105 cm³/mol. The first-order valence-electron chi connectivity index (χ1n) is 7.21. The van der Waals surface area contributed by atoms with Crippen LogP contribution < -0.4 is 10.7 Å². The number of hydrogen-bond acceptors (Lipinski definition) is 3. The highest BCUT2D eigenvalue weighted by Gasteiger charge is 2.03. The number of benzene rings is 2. The first-order valence-corrected chi connectivity index (χ1v) is 8.42. The number of anilines is 1. The van der Waals surface area contributed by atoms with Gasteiger partial charge in [-0.25, -0.2) is 0 Å². The highest BCUT2D eigenvalue weighted by molar-refractivity contribution is 9.10. The van der Waals surface area contributed by atoms with Crippen molar-refractivity contribution in [2.45, 2.75) is 0 Å². The van der Waals surface area contributed by atoms with Gasteiger partial charge in [-0.05, 0) is 48.6 Å². The third kappa shape index (κ3) is 4.53. The van der Waals surface area contributed by atoms with Crippen LogP contribution in [0.15, 0.2) is 80.7 Å². The zero-order valence-electron chi connectivity index (χ0n) is 12.6. The first-order chi connectivity index (χ1) is 11.7. The van der Waals surface area contributed by atoms with E-state index in [1.54, 1.807) is 6.21 Å². The summed E-state index contributed by atoms with van der Waals surface area (Å²) < 4.78 is 6.77. The third-order valence-corrected chi connectivity index (χ3v) is 3.87. The Hall–Kier alpha value is -2.44. The molecule has 0 unspecified atom stereocenters. The Morgan fingerprint density at radius 1 is 1.00 bits per heavy atom. The topological polar surface area (TPSA) is 49.6 Å². The molecule has 1 heterocycles. The van der Waals surface area contributed by atoms with Gasteiger partial charge in [0.15, 0.2) is 5.11 Å². The minimum atomic E-state index is 0.414. The number of nitrogens with one attached hydrogen (secondary N) is 2. The molecule has 0 bridgehead atoms. The van der Waals surface area contributed by atoms with Crippen LogP contribution in [0, 0.1) is 0 Å². The van der Waals surface area contributed by atoms with Gasteiger partial charge < -0.3 is 9.73 Å². The van der Waals surface area contributed by atoms with E-state index >= 15 is 0 Å². The predicted octanol–water partition coefficient (Wildman–Crippen LogP) is 5.03. The number of furan rings is 1. The van der Waals surface area contributed by atoms with E-state index in [-0.39, 0.29) is 0 Å². The van der Waals surface area contributed by atoms with E-state index in [9.17, 15) is 0 Å². The first kappa shape index (κ1) is 16.4. The van der Waals surface area contributed by atoms with Gasteiger partial charge in [0.05, 0.1) is 6.21 Å². The van der Waals surface area contributed by atoms with Crippen LogP contribution in [0.25, 0.3) is 11.3 Å². The minimum Gasteiger partial charge on any atom is -0.455 e. The minimum absolute atomic E-state index is 0.414. The van der Waals surface area contributed by atoms with Gasteiger partial charge in [0.1, 0.15) is 11.5 Å². The van der Waals surface area contributed by atoms with Crippen LogP contribution in [0.5, 0.6) is 0 Å². The Kier molecular flexibility index (Phi) is 5.40. The molecular formula is C18H14BrN3OS. The van der Waals surface area contributed by atoms with Crippen molar-refractivity contribution in [2.75, 3.05) is 5.32 Å². The molecule has 0 spiro atoms. The van der Waals surface area contributed by atoms with Crippen molar-refractivity contribution in [3.63, 3.8) is 0 Å². The Bertz CT molecular complexity index is 844. The van der Waals surface area contributed by atoms with Crippen LogP contribution in [-0.2, 0) is 0 Å². The summed E-state index contributed by atoms with van der Waals surface area (Å²) >= 11 is 8.59. The molecule has 0 radical (unpaired) electrons.